The summed E-state index contributed by atoms with van der Waals surface area (Å²) in [6.07, 6.45) is -2.29. The maximum absolute atomic E-state index is 12.2. The van der Waals surface area contributed by atoms with Crippen LogP contribution >= 0.6 is 0 Å². The van der Waals surface area contributed by atoms with Gasteiger partial charge in [0, 0.05) is 6.20 Å². The summed E-state index contributed by atoms with van der Waals surface area (Å²) in [7, 11) is 0. The quantitative estimate of drug-likeness (QED) is 0.773. The molecule has 15 heavy (non-hydrogen) atoms. The molecule has 1 heterocycles. The number of hydrogen-bond acceptors (Lipinski definition) is 2. The van der Waals surface area contributed by atoms with E-state index in [9.17, 15) is 13.2 Å². The molecule has 0 spiro atoms. The predicted octanol–water partition coefficient (Wildman–Crippen LogP) is 3.27. The lowest BCUT2D eigenvalue weighted by Gasteiger charge is -2.07. The van der Waals surface area contributed by atoms with E-state index in [1.54, 1.807) is 0 Å². The Bertz CT molecular complexity index is 341. The average molecular weight is 216 g/mol. The summed E-state index contributed by atoms with van der Waals surface area (Å²) in [4.78, 5) is 3.62. The van der Waals surface area contributed by atoms with Crippen molar-refractivity contribution in [1.82, 2.24) is 4.98 Å². The van der Waals surface area contributed by atoms with Crippen LogP contribution in [0, 0.1) is 5.41 Å². The molecule has 0 aliphatic heterocycles. The first-order chi connectivity index (χ1) is 6.95. The van der Waals surface area contributed by atoms with Crippen LogP contribution < -0.4 is 0 Å². The van der Waals surface area contributed by atoms with Crippen molar-refractivity contribution in [3.05, 3.63) is 29.6 Å². The lowest BCUT2D eigenvalue weighted by Crippen LogP contribution is -2.08. The van der Waals surface area contributed by atoms with Crippen molar-refractivity contribution in [3.8, 4) is 0 Å². The summed E-state index contributed by atoms with van der Waals surface area (Å²) in [5.41, 5.74) is -0.202. The highest BCUT2D eigenvalue weighted by Gasteiger charge is 2.30. The SMILES string of the molecule is CCCC(=N)c1ccc(C(F)(F)F)cn1. The Morgan fingerprint density at radius 1 is 1.40 bits per heavy atom. The molecule has 1 aromatic heterocycles. The number of hydrogen-bond donors (Lipinski definition) is 1. The van der Waals surface area contributed by atoms with Crippen LogP contribution in [0.2, 0.25) is 0 Å². The fraction of sp³-hybridized carbons (Fsp3) is 0.400. The predicted molar refractivity (Wildman–Crippen MR) is 51.0 cm³/mol. The highest BCUT2D eigenvalue weighted by atomic mass is 19.4. The molecular formula is C10H11F3N2. The zero-order chi connectivity index (χ0) is 11.5. The molecule has 0 radical (unpaired) electrons. The number of alkyl halides is 3. The Hall–Kier alpha value is -1.39. The molecule has 1 N–H and O–H groups in total. The third-order valence-electron chi connectivity index (χ3n) is 1.90. The van der Waals surface area contributed by atoms with Crippen LogP contribution in [0.3, 0.4) is 0 Å². The van der Waals surface area contributed by atoms with E-state index in [1.165, 1.54) is 6.07 Å². The van der Waals surface area contributed by atoms with E-state index in [2.05, 4.69) is 4.98 Å². The third kappa shape index (κ3) is 3.04. The number of halogens is 3. The second-order valence-electron chi connectivity index (χ2n) is 3.16. The maximum Gasteiger partial charge on any atom is 0.417 e. The van der Waals surface area contributed by atoms with Crippen molar-refractivity contribution in [2.75, 3.05) is 0 Å². The zero-order valence-corrected chi connectivity index (χ0v) is 8.23. The molecule has 1 rings (SSSR count). The van der Waals surface area contributed by atoms with E-state index in [0.29, 0.717) is 12.1 Å². The molecule has 1 aromatic rings. The summed E-state index contributed by atoms with van der Waals surface area (Å²) >= 11 is 0. The van der Waals surface area contributed by atoms with Crippen molar-refractivity contribution < 1.29 is 13.2 Å². The van der Waals surface area contributed by atoms with Crippen LogP contribution in [0.5, 0.6) is 0 Å². The fourth-order valence-corrected chi connectivity index (χ4v) is 1.12. The van der Waals surface area contributed by atoms with Crippen LogP contribution in [0.1, 0.15) is 31.0 Å². The van der Waals surface area contributed by atoms with Crippen LogP contribution in [0.25, 0.3) is 0 Å². The highest BCUT2D eigenvalue weighted by molar-refractivity contribution is 5.96. The van der Waals surface area contributed by atoms with Crippen molar-refractivity contribution in [2.24, 2.45) is 0 Å². The normalized spacial score (nSPS) is 11.5. The summed E-state index contributed by atoms with van der Waals surface area (Å²) in [5, 5.41) is 7.51. The van der Waals surface area contributed by atoms with Gasteiger partial charge in [0.2, 0.25) is 0 Å². The highest BCUT2D eigenvalue weighted by Crippen LogP contribution is 2.28. The van der Waals surface area contributed by atoms with Gasteiger partial charge in [-0.2, -0.15) is 13.2 Å². The Kier molecular flexibility index (Phi) is 3.44. The molecule has 82 valence electrons. The van der Waals surface area contributed by atoms with Gasteiger partial charge in [-0.3, -0.25) is 4.98 Å². The standard InChI is InChI=1S/C10H11F3N2/c1-2-3-8(14)9-5-4-7(6-15-9)10(11,12)13/h4-6,14H,2-3H2,1H3. The van der Waals surface area contributed by atoms with E-state index in [0.717, 1.165) is 18.7 Å². The van der Waals surface area contributed by atoms with E-state index in [1.807, 2.05) is 6.92 Å². The molecule has 0 aromatic carbocycles. The second-order valence-corrected chi connectivity index (χ2v) is 3.16. The first-order valence-electron chi connectivity index (χ1n) is 4.56. The van der Waals surface area contributed by atoms with E-state index in [-0.39, 0.29) is 5.71 Å². The molecule has 2 nitrogen and oxygen atoms in total. The second kappa shape index (κ2) is 4.42. The maximum atomic E-state index is 12.2. The van der Waals surface area contributed by atoms with Gasteiger partial charge in [-0.05, 0) is 18.6 Å². The molecule has 0 fully saturated rings. The minimum Gasteiger partial charge on any atom is -0.303 e. The van der Waals surface area contributed by atoms with Gasteiger partial charge in [-0.25, -0.2) is 0 Å². The van der Waals surface area contributed by atoms with Crippen molar-refractivity contribution in [2.45, 2.75) is 25.9 Å². The molecular weight excluding hydrogens is 205 g/mol. The monoisotopic (exact) mass is 216 g/mol. The van der Waals surface area contributed by atoms with Gasteiger partial charge >= 0.3 is 6.18 Å². The molecule has 0 amide bonds. The number of nitrogens with one attached hydrogen (secondary N) is 1. The minimum atomic E-state index is -4.36. The Morgan fingerprint density at radius 2 is 2.07 bits per heavy atom. The van der Waals surface area contributed by atoms with Crippen LogP contribution in [-0.4, -0.2) is 10.7 Å². The third-order valence-corrected chi connectivity index (χ3v) is 1.90. The van der Waals surface area contributed by atoms with Gasteiger partial charge in [0.05, 0.1) is 17.0 Å². The van der Waals surface area contributed by atoms with Crippen LogP contribution in [0.4, 0.5) is 13.2 Å². The number of pyridine rings is 1. The van der Waals surface area contributed by atoms with Gasteiger partial charge in [0.15, 0.2) is 0 Å². The first-order valence-corrected chi connectivity index (χ1v) is 4.56. The average Bonchev–Trinajstić information content (AvgIpc) is 2.17. The van der Waals surface area contributed by atoms with E-state index in [4.69, 9.17) is 5.41 Å². The van der Waals surface area contributed by atoms with Gasteiger partial charge < -0.3 is 5.41 Å². The smallest absolute Gasteiger partial charge is 0.303 e. The lowest BCUT2D eigenvalue weighted by molar-refractivity contribution is -0.137. The Morgan fingerprint density at radius 3 is 2.47 bits per heavy atom. The number of rotatable bonds is 3. The van der Waals surface area contributed by atoms with Gasteiger partial charge in [0.25, 0.3) is 0 Å². The zero-order valence-electron chi connectivity index (χ0n) is 8.23. The minimum absolute atomic E-state index is 0.270. The number of nitrogens with zero attached hydrogens (tertiary/aromatic N) is 1. The van der Waals surface area contributed by atoms with Crippen LogP contribution in [-0.2, 0) is 6.18 Å². The van der Waals surface area contributed by atoms with Crippen LogP contribution in [0.15, 0.2) is 18.3 Å². The fourth-order valence-electron chi connectivity index (χ4n) is 1.12. The number of aromatic nitrogens is 1. The molecule has 0 unspecified atom stereocenters. The van der Waals surface area contributed by atoms with Crippen molar-refractivity contribution >= 4 is 5.71 Å². The molecule has 0 bridgehead atoms. The Balaban J connectivity index is 2.86. The molecule has 0 saturated heterocycles. The first kappa shape index (κ1) is 11.7. The largest absolute Gasteiger partial charge is 0.417 e. The van der Waals surface area contributed by atoms with Crippen molar-refractivity contribution in [3.63, 3.8) is 0 Å². The lowest BCUT2D eigenvalue weighted by atomic mass is 10.1. The molecule has 0 saturated carbocycles. The van der Waals surface area contributed by atoms with Gasteiger partial charge in [-0.15, -0.1) is 0 Å². The summed E-state index contributed by atoms with van der Waals surface area (Å²) < 4.78 is 36.5. The molecule has 0 aliphatic rings. The summed E-state index contributed by atoms with van der Waals surface area (Å²) in [6.45, 7) is 1.90. The van der Waals surface area contributed by atoms with E-state index < -0.39 is 11.7 Å². The molecule has 0 atom stereocenters. The van der Waals surface area contributed by atoms with Gasteiger partial charge in [0.1, 0.15) is 0 Å². The molecule has 0 aliphatic carbocycles. The Labute approximate surface area is 85.7 Å². The van der Waals surface area contributed by atoms with Crippen molar-refractivity contribution in [1.29, 1.82) is 5.41 Å². The van der Waals surface area contributed by atoms with E-state index >= 15 is 0 Å². The summed E-state index contributed by atoms with van der Waals surface area (Å²) in [5.74, 6) is 0. The van der Waals surface area contributed by atoms with Gasteiger partial charge in [-0.1, -0.05) is 13.3 Å². The molecule has 5 heteroatoms. The summed E-state index contributed by atoms with van der Waals surface area (Å²) in [6, 6.07) is 2.19. The topological polar surface area (TPSA) is 36.7 Å².